The first-order valence-corrected chi connectivity index (χ1v) is 11.3. The third-order valence-corrected chi connectivity index (χ3v) is 6.94. The second kappa shape index (κ2) is 9.36. The predicted molar refractivity (Wildman–Crippen MR) is 116 cm³/mol. The van der Waals surface area contributed by atoms with Crippen LogP contribution >= 0.6 is 0 Å². The van der Waals surface area contributed by atoms with Crippen LogP contribution in [-0.2, 0) is 19.6 Å². The monoisotopic (exact) mass is 447 g/mol. The second-order valence-corrected chi connectivity index (χ2v) is 8.67. The van der Waals surface area contributed by atoms with Crippen molar-refractivity contribution in [3.8, 4) is 11.5 Å². The highest BCUT2D eigenvalue weighted by molar-refractivity contribution is 7.89. The van der Waals surface area contributed by atoms with Crippen molar-refractivity contribution in [3.05, 3.63) is 42.5 Å². The summed E-state index contributed by atoms with van der Waals surface area (Å²) in [5.74, 6) is -0.0280. The number of hydrogen-bond acceptors (Lipinski definition) is 6. The number of nitrogens with zero attached hydrogens (tertiary/aromatic N) is 2. The molecule has 1 aliphatic rings. The zero-order valence-corrected chi connectivity index (χ0v) is 18.4. The normalized spacial score (nSPS) is 13.5. The number of nitrogens with one attached hydrogen (secondary N) is 1. The van der Waals surface area contributed by atoms with Gasteiger partial charge in [0.05, 0.1) is 23.4 Å². The summed E-state index contributed by atoms with van der Waals surface area (Å²) in [4.78, 5) is 26.4. The highest BCUT2D eigenvalue weighted by Gasteiger charge is 2.28. The molecule has 2 aromatic carbocycles. The molecule has 0 aromatic heterocycles. The van der Waals surface area contributed by atoms with Crippen LogP contribution < -0.4 is 19.7 Å². The number of amides is 2. The van der Waals surface area contributed by atoms with Gasteiger partial charge in [-0.25, -0.2) is 8.42 Å². The van der Waals surface area contributed by atoms with Gasteiger partial charge >= 0.3 is 0 Å². The predicted octanol–water partition coefficient (Wildman–Crippen LogP) is 2.09. The third kappa shape index (κ3) is 4.64. The Bertz CT molecular complexity index is 1080. The lowest BCUT2D eigenvalue weighted by Gasteiger charge is -2.28. The minimum atomic E-state index is -3.72. The molecule has 0 aliphatic carbocycles. The minimum absolute atomic E-state index is 0.0418. The van der Waals surface area contributed by atoms with Crippen LogP contribution in [0, 0.1) is 0 Å². The zero-order chi connectivity index (χ0) is 22.6. The van der Waals surface area contributed by atoms with Gasteiger partial charge in [-0.3, -0.25) is 14.5 Å². The van der Waals surface area contributed by atoms with Crippen LogP contribution in [0.4, 0.5) is 11.4 Å². The van der Waals surface area contributed by atoms with Crippen LogP contribution in [0.15, 0.2) is 47.4 Å². The molecular formula is C21H25N3O6S. The van der Waals surface area contributed by atoms with Gasteiger partial charge in [-0.05, 0) is 30.3 Å². The van der Waals surface area contributed by atoms with Crippen LogP contribution in [0.1, 0.15) is 13.8 Å². The maximum atomic E-state index is 12.8. The first-order valence-electron chi connectivity index (χ1n) is 9.82. The highest BCUT2D eigenvalue weighted by Crippen LogP contribution is 2.32. The minimum Gasteiger partial charge on any atom is -0.495 e. The smallest absolute Gasteiger partial charge is 0.265 e. The lowest BCUT2D eigenvalue weighted by molar-refractivity contribution is -0.123. The second-order valence-electron chi connectivity index (χ2n) is 6.74. The van der Waals surface area contributed by atoms with Crippen molar-refractivity contribution in [2.24, 2.45) is 0 Å². The van der Waals surface area contributed by atoms with E-state index in [1.807, 2.05) is 0 Å². The Morgan fingerprint density at radius 2 is 1.90 bits per heavy atom. The molecule has 10 heteroatoms. The van der Waals surface area contributed by atoms with Crippen LogP contribution in [0.25, 0.3) is 0 Å². The fourth-order valence-electron chi connectivity index (χ4n) is 3.32. The molecule has 0 spiro atoms. The summed E-state index contributed by atoms with van der Waals surface area (Å²) in [6.45, 7) is 3.74. The molecule has 9 nitrogen and oxygen atoms in total. The molecule has 1 N–H and O–H groups in total. The summed E-state index contributed by atoms with van der Waals surface area (Å²) in [7, 11) is -2.29. The Kier molecular flexibility index (Phi) is 6.81. The van der Waals surface area contributed by atoms with Crippen molar-refractivity contribution in [1.29, 1.82) is 0 Å². The number of para-hydroxylation sites is 2. The van der Waals surface area contributed by atoms with E-state index in [1.165, 1.54) is 34.5 Å². The lowest BCUT2D eigenvalue weighted by atomic mass is 10.2. The molecule has 3 rings (SSSR count). The molecule has 0 fully saturated rings. The lowest BCUT2D eigenvalue weighted by Crippen LogP contribution is -2.43. The van der Waals surface area contributed by atoms with Gasteiger partial charge in [-0.15, -0.1) is 0 Å². The molecule has 0 bridgehead atoms. The number of methoxy groups -OCH3 is 1. The molecule has 31 heavy (non-hydrogen) atoms. The summed E-state index contributed by atoms with van der Waals surface area (Å²) in [6.07, 6.45) is 0. The van der Waals surface area contributed by atoms with Crippen LogP contribution in [0.5, 0.6) is 11.5 Å². The number of carbonyl (C=O) groups excluding carboxylic acids is 2. The molecule has 0 saturated carbocycles. The molecule has 2 aromatic rings. The van der Waals surface area contributed by atoms with Gasteiger partial charge in [0.25, 0.3) is 5.91 Å². The van der Waals surface area contributed by atoms with Gasteiger partial charge in [0.15, 0.2) is 6.61 Å². The molecule has 0 radical (unpaired) electrons. The van der Waals surface area contributed by atoms with Gasteiger partial charge in [-0.2, -0.15) is 4.31 Å². The van der Waals surface area contributed by atoms with E-state index >= 15 is 0 Å². The molecule has 166 valence electrons. The molecule has 2 amide bonds. The van der Waals surface area contributed by atoms with Crippen molar-refractivity contribution in [3.63, 3.8) is 0 Å². The van der Waals surface area contributed by atoms with Crippen molar-refractivity contribution in [1.82, 2.24) is 4.31 Å². The van der Waals surface area contributed by atoms with E-state index < -0.39 is 15.9 Å². The number of rotatable bonds is 8. The fourth-order valence-corrected chi connectivity index (χ4v) is 4.80. The number of fused-ring (bicyclic) bond motifs is 1. The van der Waals surface area contributed by atoms with E-state index in [2.05, 4.69) is 5.32 Å². The van der Waals surface area contributed by atoms with Crippen molar-refractivity contribution < 1.29 is 27.5 Å². The van der Waals surface area contributed by atoms with Gasteiger partial charge in [0.1, 0.15) is 18.0 Å². The molecule has 0 atom stereocenters. The summed E-state index contributed by atoms with van der Waals surface area (Å²) >= 11 is 0. The molecular weight excluding hydrogens is 422 g/mol. The average molecular weight is 448 g/mol. The highest BCUT2D eigenvalue weighted by atomic mass is 32.2. The Morgan fingerprint density at radius 3 is 2.58 bits per heavy atom. The first kappa shape index (κ1) is 22.6. The fraction of sp³-hybridized carbons (Fsp3) is 0.333. The third-order valence-electron chi connectivity index (χ3n) is 4.90. The SMILES string of the molecule is CCN(CC)S(=O)(=O)c1ccc(OC)c(NC(=O)CN2C(=O)COc3ccccc32)c1. The topological polar surface area (TPSA) is 105 Å². The number of ether oxygens (including phenoxy) is 2. The van der Waals surface area contributed by atoms with E-state index in [1.54, 1.807) is 38.1 Å². The standard InChI is InChI=1S/C21H25N3O6S/c1-4-23(5-2)31(27,28)15-10-11-18(29-3)16(12-15)22-20(25)13-24-17-8-6-7-9-19(17)30-14-21(24)26/h6-12H,4-5,13-14H2,1-3H3,(H,22,25). The summed E-state index contributed by atoms with van der Waals surface area (Å²) in [5, 5.41) is 2.67. The van der Waals surface area contributed by atoms with Crippen LogP contribution in [0.2, 0.25) is 0 Å². The average Bonchev–Trinajstić information content (AvgIpc) is 2.76. The number of hydrogen-bond donors (Lipinski definition) is 1. The number of benzene rings is 2. The van der Waals surface area contributed by atoms with E-state index in [0.29, 0.717) is 30.3 Å². The quantitative estimate of drug-likeness (QED) is 0.664. The number of anilines is 2. The van der Waals surface area contributed by atoms with Gasteiger partial charge in [0.2, 0.25) is 15.9 Å². The summed E-state index contributed by atoms with van der Waals surface area (Å²) < 4.78 is 37.6. The molecule has 1 heterocycles. The molecule has 0 saturated heterocycles. The van der Waals surface area contributed by atoms with E-state index in [0.717, 1.165) is 0 Å². The Balaban J connectivity index is 1.85. The molecule has 1 aliphatic heterocycles. The van der Waals surface area contributed by atoms with Gasteiger partial charge in [0, 0.05) is 13.1 Å². The van der Waals surface area contributed by atoms with Crippen LogP contribution in [-0.4, -0.2) is 57.9 Å². The molecule has 0 unspecified atom stereocenters. The van der Waals surface area contributed by atoms with Crippen LogP contribution in [0.3, 0.4) is 0 Å². The first-order chi connectivity index (χ1) is 14.8. The Labute approximate surface area is 181 Å². The van der Waals surface area contributed by atoms with E-state index in [-0.39, 0.29) is 29.6 Å². The summed E-state index contributed by atoms with van der Waals surface area (Å²) in [5.41, 5.74) is 0.702. The largest absolute Gasteiger partial charge is 0.495 e. The Morgan fingerprint density at radius 1 is 1.19 bits per heavy atom. The van der Waals surface area contributed by atoms with E-state index in [9.17, 15) is 18.0 Å². The summed E-state index contributed by atoms with van der Waals surface area (Å²) in [6, 6.07) is 11.2. The van der Waals surface area contributed by atoms with Crippen molar-refractivity contribution in [2.45, 2.75) is 18.7 Å². The number of sulfonamides is 1. The Hall–Kier alpha value is -3.11. The maximum Gasteiger partial charge on any atom is 0.265 e. The number of carbonyl (C=O) groups is 2. The van der Waals surface area contributed by atoms with Crippen molar-refractivity contribution in [2.75, 3.05) is 43.6 Å². The van der Waals surface area contributed by atoms with E-state index in [4.69, 9.17) is 9.47 Å². The maximum absolute atomic E-state index is 12.8. The van der Waals surface area contributed by atoms with Gasteiger partial charge < -0.3 is 14.8 Å². The van der Waals surface area contributed by atoms with Gasteiger partial charge in [-0.1, -0.05) is 26.0 Å². The van der Waals surface area contributed by atoms with Crippen molar-refractivity contribution >= 4 is 33.2 Å². The zero-order valence-electron chi connectivity index (χ0n) is 17.6.